The number of carbonyl (C=O) groups is 2. The van der Waals surface area contributed by atoms with Crippen LogP contribution < -0.4 is 0 Å². The van der Waals surface area contributed by atoms with Crippen LogP contribution in [0.2, 0.25) is 0 Å². The molecule has 0 aromatic rings. The number of azide groups is 1. The zero-order valence-electron chi connectivity index (χ0n) is 8.48. The summed E-state index contributed by atoms with van der Waals surface area (Å²) in [4.78, 5) is 24.4. The number of hydrogen-bond donors (Lipinski definition) is 0. The Kier molecular flexibility index (Phi) is 4.66. The van der Waals surface area contributed by atoms with Crippen LogP contribution in [0.5, 0.6) is 0 Å². The first-order chi connectivity index (χ1) is 6.35. The molecule has 0 aliphatic heterocycles. The van der Waals surface area contributed by atoms with Gasteiger partial charge in [0.05, 0.1) is 6.54 Å². The van der Waals surface area contributed by atoms with Crippen LogP contribution in [-0.2, 0) is 14.3 Å². The highest BCUT2D eigenvalue weighted by Crippen LogP contribution is 2.08. The van der Waals surface area contributed by atoms with E-state index in [1.165, 1.54) is 0 Å². The minimum absolute atomic E-state index is 0.310. The molecule has 0 saturated carbocycles. The Morgan fingerprint density at radius 1 is 1.43 bits per heavy atom. The number of Topliss-reactive ketones (excluding diaryl/α,β-unsaturated/α-hetero) is 1. The molecule has 0 saturated heterocycles. The maximum atomic E-state index is 11.1. The fourth-order valence-corrected chi connectivity index (χ4v) is 0.705. The summed E-state index contributed by atoms with van der Waals surface area (Å²) in [6.45, 7) is 4.82. The summed E-state index contributed by atoms with van der Waals surface area (Å²) in [6, 6.07) is 0. The van der Waals surface area contributed by atoms with Gasteiger partial charge in [-0.3, -0.25) is 9.59 Å². The number of ether oxygens (including phenoxy) is 1. The average molecular weight is 199 g/mol. The molecule has 0 aromatic heterocycles. The number of ketones is 1. The van der Waals surface area contributed by atoms with Crippen LogP contribution in [0.3, 0.4) is 0 Å². The molecule has 0 aromatic carbocycles. The molecule has 0 amide bonds. The molecule has 0 aliphatic carbocycles. The van der Waals surface area contributed by atoms with Gasteiger partial charge >= 0.3 is 5.97 Å². The summed E-state index contributed by atoms with van der Waals surface area (Å²) >= 11 is 0. The van der Waals surface area contributed by atoms with E-state index in [9.17, 15) is 9.59 Å². The van der Waals surface area contributed by atoms with E-state index < -0.39 is 17.4 Å². The van der Waals surface area contributed by atoms with Gasteiger partial charge in [-0.05, 0) is 26.3 Å². The van der Waals surface area contributed by atoms with Crippen LogP contribution in [0, 0.1) is 0 Å². The standard InChI is InChI=1S/C8H13N3O3/c1-8(2,3)14-7(13)4-6(12)5-10-11-9/h4-5H2,1-3H3. The van der Waals surface area contributed by atoms with Crippen molar-refractivity contribution in [2.24, 2.45) is 5.11 Å². The second-order valence-electron chi connectivity index (χ2n) is 3.69. The molecule has 78 valence electrons. The van der Waals surface area contributed by atoms with Gasteiger partial charge in [0.15, 0.2) is 0 Å². The van der Waals surface area contributed by atoms with Gasteiger partial charge in [-0.2, -0.15) is 0 Å². The maximum Gasteiger partial charge on any atom is 0.313 e. The van der Waals surface area contributed by atoms with Crippen LogP contribution in [0.1, 0.15) is 27.2 Å². The summed E-state index contributed by atoms with van der Waals surface area (Å²) < 4.78 is 4.89. The van der Waals surface area contributed by atoms with E-state index in [0.29, 0.717) is 0 Å². The Hall–Kier alpha value is -1.55. The molecule has 0 aliphatic rings. The van der Waals surface area contributed by atoms with Crippen LogP contribution in [-0.4, -0.2) is 23.9 Å². The van der Waals surface area contributed by atoms with Crippen molar-refractivity contribution in [3.8, 4) is 0 Å². The summed E-state index contributed by atoms with van der Waals surface area (Å²) in [5, 5.41) is 3.04. The van der Waals surface area contributed by atoms with E-state index in [4.69, 9.17) is 10.3 Å². The number of esters is 1. The summed E-state index contributed by atoms with van der Waals surface area (Å²) in [5.74, 6) is -1.05. The smallest absolute Gasteiger partial charge is 0.313 e. The lowest BCUT2D eigenvalue weighted by molar-refractivity contribution is -0.156. The minimum Gasteiger partial charge on any atom is -0.460 e. The minimum atomic E-state index is -0.601. The number of rotatable bonds is 4. The molecular weight excluding hydrogens is 186 g/mol. The highest BCUT2D eigenvalue weighted by atomic mass is 16.6. The lowest BCUT2D eigenvalue weighted by atomic mass is 10.2. The Balaban J connectivity index is 3.95. The Bertz CT molecular complexity index is 274. The largest absolute Gasteiger partial charge is 0.460 e. The summed E-state index contributed by atoms with van der Waals surface area (Å²) in [5.41, 5.74) is 7.32. The lowest BCUT2D eigenvalue weighted by Gasteiger charge is -2.18. The molecule has 0 fully saturated rings. The Morgan fingerprint density at radius 3 is 2.43 bits per heavy atom. The third-order valence-electron chi connectivity index (χ3n) is 1.07. The Morgan fingerprint density at radius 2 is 2.00 bits per heavy atom. The van der Waals surface area contributed by atoms with Crippen molar-refractivity contribution in [2.75, 3.05) is 6.54 Å². The second kappa shape index (κ2) is 5.24. The summed E-state index contributed by atoms with van der Waals surface area (Å²) in [6.07, 6.45) is -0.351. The fourth-order valence-electron chi connectivity index (χ4n) is 0.705. The van der Waals surface area contributed by atoms with Crippen LogP contribution in [0.4, 0.5) is 0 Å². The lowest BCUT2D eigenvalue weighted by Crippen LogP contribution is -2.25. The first kappa shape index (κ1) is 12.4. The van der Waals surface area contributed by atoms with Gasteiger partial charge in [0, 0.05) is 4.91 Å². The quantitative estimate of drug-likeness (QED) is 0.226. The Labute approximate surface area is 81.9 Å². The predicted molar refractivity (Wildman–Crippen MR) is 49.5 cm³/mol. The molecule has 6 nitrogen and oxygen atoms in total. The molecule has 0 spiro atoms. The van der Waals surface area contributed by atoms with Gasteiger partial charge < -0.3 is 4.74 Å². The molecule has 0 radical (unpaired) electrons. The maximum absolute atomic E-state index is 11.1. The van der Waals surface area contributed by atoms with Crippen molar-refractivity contribution < 1.29 is 14.3 Å². The number of hydrogen-bond acceptors (Lipinski definition) is 4. The van der Waals surface area contributed by atoms with Crippen molar-refractivity contribution in [3.63, 3.8) is 0 Å². The van der Waals surface area contributed by atoms with Gasteiger partial charge in [-0.1, -0.05) is 5.11 Å². The molecule has 0 N–H and O–H groups in total. The van der Waals surface area contributed by atoms with Crippen LogP contribution >= 0.6 is 0 Å². The highest BCUT2D eigenvalue weighted by Gasteiger charge is 2.18. The zero-order valence-corrected chi connectivity index (χ0v) is 8.48. The highest BCUT2D eigenvalue weighted by molar-refractivity contribution is 5.96. The SMILES string of the molecule is CC(C)(C)OC(=O)CC(=O)CN=[N+]=[N-]. The van der Waals surface area contributed by atoms with Crippen molar-refractivity contribution in [1.29, 1.82) is 0 Å². The molecule has 0 bridgehead atoms. The van der Waals surface area contributed by atoms with Crippen molar-refractivity contribution in [2.45, 2.75) is 32.8 Å². The van der Waals surface area contributed by atoms with E-state index in [-0.39, 0.29) is 13.0 Å². The molecular formula is C8H13N3O3. The number of nitrogens with zero attached hydrogens (tertiary/aromatic N) is 3. The van der Waals surface area contributed by atoms with Gasteiger partial charge in [0.1, 0.15) is 17.8 Å². The van der Waals surface area contributed by atoms with Crippen molar-refractivity contribution in [1.82, 2.24) is 0 Å². The first-order valence-corrected chi connectivity index (χ1v) is 4.09. The first-order valence-electron chi connectivity index (χ1n) is 4.09. The van der Waals surface area contributed by atoms with Gasteiger partial charge in [0.2, 0.25) is 0 Å². The molecule has 0 unspecified atom stereocenters. The molecule has 14 heavy (non-hydrogen) atoms. The molecule has 0 heterocycles. The average Bonchev–Trinajstić information content (AvgIpc) is 1.96. The van der Waals surface area contributed by atoms with Gasteiger partial charge in [0.25, 0.3) is 0 Å². The van der Waals surface area contributed by atoms with E-state index in [1.54, 1.807) is 20.8 Å². The molecule has 6 heteroatoms. The monoisotopic (exact) mass is 199 g/mol. The third kappa shape index (κ3) is 7.12. The van der Waals surface area contributed by atoms with Crippen LogP contribution in [0.25, 0.3) is 10.4 Å². The molecule has 0 atom stereocenters. The summed E-state index contributed by atoms with van der Waals surface area (Å²) in [7, 11) is 0. The number of carbonyl (C=O) groups excluding carboxylic acids is 2. The van der Waals surface area contributed by atoms with Crippen LogP contribution in [0.15, 0.2) is 5.11 Å². The second-order valence-corrected chi connectivity index (χ2v) is 3.69. The predicted octanol–water partition coefficient (Wildman–Crippen LogP) is 1.60. The molecule has 0 rings (SSSR count). The van der Waals surface area contributed by atoms with Gasteiger partial charge in [-0.25, -0.2) is 0 Å². The zero-order chi connectivity index (χ0) is 11.2. The normalized spacial score (nSPS) is 10.2. The van der Waals surface area contributed by atoms with Crippen molar-refractivity contribution >= 4 is 11.8 Å². The van der Waals surface area contributed by atoms with E-state index in [2.05, 4.69) is 10.0 Å². The van der Waals surface area contributed by atoms with E-state index in [0.717, 1.165) is 0 Å². The van der Waals surface area contributed by atoms with E-state index in [1.807, 2.05) is 0 Å². The van der Waals surface area contributed by atoms with E-state index >= 15 is 0 Å². The van der Waals surface area contributed by atoms with Gasteiger partial charge in [-0.15, -0.1) is 0 Å². The van der Waals surface area contributed by atoms with Crippen molar-refractivity contribution in [3.05, 3.63) is 10.4 Å². The third-order valence-corrected chi connectivity index (χ3v) is 1.07. The topological polar surface area (TPSA) is 92.1 Å². The fraction of sp³-hybridized carbons (Fsp3) is 0.750.